The molecule has 1 aliphatic heterocycles. The molecule has 1 aromatic heterocycles. The van der Waals surface area contributed by atoms with Crippen LogP contribution in [0.15, 0.2) is 47.3 Å². The molecule has 4 rings (SSSR count). The smallest absolute Gasteiger partial charge is 0.254 e. The SMILES string of the molecule is Cc1cc(OC2CN(C(=O)C=Cc3ccccc3Cl)C2)cc(=O)n1C1CC1. The number of rotatable bonds is 5. The van der Waals surface area contributed by atoms with Crippen LogP contribution in [0.5, 0.6) is 5.75 Å². The molecule has 1 aliphatic carbocycles. The highest BCUT2D eigenvalue weighted by Crippen LogP contribution is 2.35. The van der Waals surface area contributed by atoms with Crippen LogP contribution in [0.2, 0.25) is 5.02 Å². The fraction of sp³-hybridized carbons (Fsp3) is 0.333. The minimum absolute atomic E-state index is 0.0116. The van der Waals surface area contributed by atoms with E-state index >= 15 is 0 Å². The van der Waals surface area contributed by atoms with Crippen LogP contribution in [-0.2, 0) is 4.79 Å². The zero-order valence-corrected chi connectivity index (χ0v) is 15.9. The van der Waals surface area contributed by atoms with E-state index in [1.165, 1.54) is 6.08 Å². The molecule has 1 saturated heterocycles. The summed E-state index contributed by atoms with van der Waals surface area (Å²) in [5, 5.41) is 0.614. The lowest BCUT2D eigenvalue weighted by molar-refractivity contribution is -0.134. The molecule has 2 heterocycles. The highest BCUT2D eigenvalue weighted by Gasteiger charge is 2.32. The van der Waals surface area contributed by atoms with Crippen LogP contribution >= 0.6 is 11.6 Å². The number of hydrogen-bond acceptors (Lipinski definition) is 3. The van der Waals surface area contributed by atoms with Crippen molar-refractivity contribution in [3.05, 3.63) is 69.1 Å². The van der Waals surface area contributed by atoms with Gasteiger partial charge in [0.2, 0.25) is 5.91 Å². The number of halogens is 1. The number of aromatic nitrogens is 1. The summed E-state index contributed by atoms with van der Waals surface area (Å²) in [5.41, 5.74) is 1.73. The number of pyridine rings is 1. The van der Waals surface area contributed by atoms with Gasteiger partial charge >= 0.3 is 0 Å². The van der Waals surface area contributed by atoms with E-state index in [-0.39, 0.29) is 17.6 Å². The van der Waals surface area contributed by atoms with Crippen molar-refractivity contribution in [3.63, 3.8) is 0 Å². The summed E-state index contributed by atoms with van der Waals surface area (Å²) in [6, 6.07) is 11.2. The van der Waals surface area contributed by atoms with Crippen molar-refractivity contribution in [2.75, 3.05) is 13.1 Å². The Labute approximate surface area is 162 Å². The third kappa shape index (κ3) is 3.93. The topological polar surface area (TPSA) is 51.5 Å². The van der Waals surface area contributed by atoms with Gasteiger partial charge in [0.15, 0.2) is 0 Å². The summed E-state index contributed by atoms with van der Waals surface area (Å²) in [5.74, 6) is 0.508. The molecule has 0 radical (unpaired) electrons. The highest BCUT2D eigenvalue weighted by atomic mass is 35.5. The molecule has 2 fully saturated rings. The van der Waals surface area contributed by atoms with Gasteiger partial charge in [-0.1, -0.05) is 29.8 Å². The number of amides is 1. The molecule has 5 nitrogen and oxygen atoms in total. The van der Waals surface area contributed by atoms with Crippen molar-refractivity contribution < 1.29 is 9.53 Å². The van der Waals surface area contributed by atoms with Crippen molar-refractivity contribution in [3.8, 4) is 5.75 Å². The Kier molecular flexibility index (Phi) is 4.79. The van der Waals surface area contributed by atoms with Crippen LogP contribution < -0.4 is 10.3 Å². The maximum Gasteiger partial charge on any atom is 0.254 e. The molecule has 0 bridgehead atoms. The lowest BCUT2D eigenvalue weighted by Gasteiger charge is -2.38. The summed E-state index contributed by atoms with van der Waals surface area (Å²) in [4.78, 5) is 26.2. The number of nitrogens with zero attached hydrogens (tertiary/aromatic N) is 2. The van der Waals surface area contributed by atoms with Crippen LogP contribution in [0.3, 0.4) is 0 Å². The number of likely N-dealkylation sites (tertiary alicyclic amines) is 1. The Morgan fingerprint density at radius 3 is 2.63 bits per heavy atom. The Morgan fingerprint density at radius 1 is 1.22 bits per heavy atom. The van der Waals surface area contributed by atoms with E-state index in [4.69, 9.17) is 16.3 Å². The number of hydrogen-bond donors (Lipinski definition) is 0. The van der Waals surface area contributed by atoms with E-state index in [1.54, 1.807) is 23.1 Å². The van der Waals surface area contributed by atoms with Gasteiger partial charge in [-0.2, -0.15) is 0 Å². The van der Waals surface area contributed by atoms with Crippen molar-refractivity contribution >= 4 is 23.6 Å². The summed E-state index contributed by atoms with van der Waals surface area (Å²) in [6.45, 7) is 2.95. The van der Waals surface area contributed by atoms with Gasteiger partial charge < -0.3 is 14.2 Å². The Bertz CT molecular complexity index is 956. The predicted octanol–water partition coefficient (Wildman–Crippen LogP) is 3.45. The number of carbonyl (C=O) groups is 1. The molecule has 0 unspecified atom stereocenters. The van der Waals surface area contributed by atoms with Crippen LogP contribution in [0.1, 0.15) is 30.1 Å². The maximum atomic E-state index is 12.2. The normalized spacial score (nSPS) is 17.2. The number of aryl methyl sites for hydroxylation is 1. The zero-order valence-electron chi connectivity index (χ0n) is 15.1. The monoisotopic (exact) mass is 384 g/mol. The third-order valence-electron chi connectivity index (χ3n) is 4.92. The van der Waals surface area contributed by atoms with Gasteiger partial charge in [-0.15, -0.1) is 0 Å². The molecule has 6 heteroatoms. The number of benzene rings is 1. The molecule has 27 heavy (non-hydrogen) atoms. The first-order valence-corrected chi connectivity index (χ1v) is 9.50. The van der Waals surface area contributed by atoms with E-state index in [1.807, 2.05) is 35.8 Å². The Balaban J connectivity index is 1.33. The van der Waals surface area contributed by atoms with Crippen LogP contribution in [0, 0.1) is 6.92 Å². The average Bonchev–Trinajstić information content (AvgIpc) is 3.41. The van der Waals surface area contributed by atoms with Crippen molar-refractivity contribution in [2.24, 2.45) is 0 Å². The predicted molar refractivity (Wildman–Crippen MR) is 105 cm³/mol. The number of carbonyl (C=O) groups excluding carboxylic acids is 1. The summed E-state index contributed by atoms with van der Waals surface area (Å²) in [7, 11) is 0. The minimum Gasteiger partial charge on any atom is -0.486 e. The van der Waals surface area contributed by atoms with Crippen molar-refractivity contribution in [2.45, 2.75) is 31.9 Å². The van der Waals surface area contributed by atoms with Crippen molar-refractivity contribution in [1.82, 2.24) is 9.47 Å². The van der Waals surface area contributed by atoms with Gasteiger partial charge in [0.1, 0.15) is 11.9 Å². The Hall–Kier alpha value is -2.53. The molecule has 2 aromatic rings. The van der Waals surface area contributed by atoms with Gasteiger partial charge in [-0.25, -0.2) is 0 Å². The molecule has 1 amide bonds. The largest absolute Gasteiger partial charge is 0.486 e. The highest BCUT2D eigenvalue weighted by molar-refractivity contribution is 6.32. The van der Waals surface area contributed by atoms with E-state index < -0.39 is 0 Å². The molecular weight excluding hydrogens is 364 g/mol. The fourth-order valence-corrected chi connectivity index (χ4v) is 3.51. The third-order valence-corrected chi connectivity index (χ3v) is 5.26. The molecule has 0 atom stereocenters. The molecule has 1 saturated carbocycles. The van der Waals surface area contributed by atoms with Gasteiger partial charge in [-0.3, -0.25) is 9.59 Å². The van der Waals surface area contributed by atoms with Gasteiger partial charge in [-0.05, 0) is 43.5 Å². The van der Waals surface area contributed by atoms with Crippen LogP contribution in [0.4, 0.5) is 0 Å². The molecule has 1 aromatic carbocycles. The first-order chi connectivity index (χ1) is 13.0. The van der Waals surface area contributed by atoms with E-state index in [0.29, 0.717) is 29.9 Å². The fourth-order valence-electron chi connectivity index (χ4n) is 3.31. The molecular formula is C21H21ClN2O3. The quantitative estimate of drug-likeness (QED) is 0.742. The lowest BCUT2D eigenvalue weighted by atomic mass is 10.1. The minimum atomic E-state index is -0.0850. The first kappa shape index (κ1) is 17.9. The lowest BCUT2D eigenvalue weighted by Crippen LogP contribution is -2.55. The molecule has 0 spiro atoms. The standard InChI is InChI=1S/C21H21ClN2O3/c1-14-10-17(11-21(26)24(14)16-7-8-16)27-18-12-23(13-18)20(25)9-6-15-4-2-3-5-19(15)22/h2-6,9-11,16,18H,7-8,12-13H2,1H3. The second-order valence-corrected chi connectivity index (χ2v) is 7.52. The molecule has 0 N–H and O–H groups in total. The molecule has 2 aliphatic rings. The van der Waals surface area contributed by atoms with Gasteiger partial charge in [0.25, 0.3) is 5.56 Å². The van der Waals surface area contributed by atoms with E-state index in [2.05, 4.69) is 0 Å². The van der Waals surface area contributed by atoms with E-state index in [9.17, 15) is 9.59 Å². The summed E-state index contributed by atoms with van der Waals surface area (Å²) < 4.78 is 7.71. The second kappa shape index (κ2) is 7.24. The average molecular weight is 385 g/mol. The van der Waals surface area contributed by atoms with Crippen LogP contribution in [-0.4, -0.2) is 34.6 Å². The van der Waals surface area contributed by atoms with Gasteiger partial charge in [0.05, 0.1) is 13.1 Å². The van der Waals surface area contributed by atoms with Gasteiger partial charge in [0, 0.05) is 28.9 Å². The van der Waals surface area contributed by atoms with E-state index in [0.717, 1.165) is 24.1 Å². The van der Waals surface area contributed by atoms with Crippen LogP contribution in [0.25, 0.3) is 6.08 Å². The second-order valence-electron chi connectivity index (χ2n) is 7.11. The van der Waals surface area contributed by atoms with Crippen molar-refractivity contribution in [1.29, 1.82) is 0 Å². The zero-order chi connectivity index (χ0) is 19.0. The summed E-state index contributed by atoms with van der Waals surface area (Å²) >= 11 is 6.09. The Morgan fingerprint density at radius 2 is 1.96 bits per heavy atom. The molecule has 140 valence electrons. The first-order valence-electron chi connectivity index (χ1n) is 9.12. The number of ether oxygens (including phenoxy) is 1. The maximum absolute atomic E-state index is 12.2. The summed E-state index contributed by atoms with van der Waals surface area (Å²) in [6.07, 6.45) is 5.31.